The average Bonchev–Trinajstić information content (AvgIpc) is 2.41. The molecule has 0 radical (unpaired) electrons. The normalized spacial score (nSPS) is 18.9. The molecule has 2 aromatic carbocycles. The highest BCUT2D eigenvalue weighted by atomic mass is 19.2. The highest BCUT2D eigenvalue weighted by Gasteiger charge is 2.27. The van der Waals surface area contributed by atoms with Crippen LogP contribution in [0.1, 0.15) is 22.6 Å². The first kappa shape index (κ1) is 13.1. The van der Waals surface area contributed by atoms with Crippen molar-refractivity contribution in [2.75, 3.05) is 13.6 Å². The molecule has 0 fully saturated rings. The van der Waals surface area contributed by atoms with E-state index in [0.717, 1.165) is 23.7 Å². The van der Waals surface area contributed by atoms with Crippen LogP contribution in [-0.2, 0) is 6.54 Å². The van der Waals surface area contributed by atoms with Crippen molar-refractivity contribution in [1.29, 1.82) is 0 Å². The average molecular weight is 275 g/mol. The summed E-state index contributed by atoms with van der Waals surface area (Å²) in [5, 5.41) is 10.1. The van der Waals surface area contributed by atoms with Gasteiger partial charge >= 0.3 is 0 Å². The molecule has 3 rings (SSSR count). The van der Waals surface area contributed by atoms with Crippen LogP contribution in [0.4, 0.5) is 8.78 Å². The number of halogens is 2. The minimum atomic E-state index is -0.854. The minimum Gasteiger partial charge on any atom is -0.508 e. The van der Waals surface area contributed by atoms with Gasteiger partial charge in [-0.15, -0.1) is 0 Å². The fourth-order valence-electron chi connectivity index (χ4n) is 2.90. The second kappa shape index (κ2) is 4.87. The predicted molar refractivity (Wildman–Crippen MR) is 72.6 cm³/mol. The van der Waals surface area contributed by atoms with Crippen LogP contribution in [0, 0.1) is 11.6 Å². The molecular weight excluding hydrogens is 260 g/mol. The topological polar surface area (TPSA) is 23.5 Å². The van der Waals surface area contributed by atoms with Gasteiger partial charge in [0.2, 0.25) is 0 Å². The maximum absolute atomic E-state index is 13.5. The number of fused-ring (bicyclic) bond motifs is 1. The van der Waals surface area contributed by atoms with E-state index in [1.807, 2.05) is 13.1 Å². The molecule has 0 amide bonds. The van der Waals surface area contributed by atoms with Crippen LogP contribution in [0.25, 0.3) is 0 Å². The van der Waals surface area contributed by atoms with Gasteiger partial charge in [0.15, 0.2) is 11.6 Å². The summed E-state index contributed by atoms with van der Waals surface area (Å²) in [7, 11) is 1.97. The summed E-state index contributed by atoms with van der Waals surface area (Å²) < 4.78 is 26.5. The molecule has 20 heavy (non-hydrogen) atoms. The van der Waals surface area contributed by atoms with E-state index < -0.39 is 11.6 Å². The van der Waals surface area contributed by atoms with E-state index in [0.29, 0.717) is 12.1 Å². The molecule has 4 heteroatoms. The molecule has 0 unspecified atom stereocenters. The molecule has 1 aliphatic heterocycles. The fourth-order valence-corrected chi connectivity index (χ4v) is 2.90. The summed E-state index contributed by atoms with van der Waals surface area (Å²) in [6.45, 7) is 1.40. The number of hydrogen-bond donors (Lipinski definition) is 1. The summed E-state index contributed by atoms with van der Waals surface area (Å²) in [5.74, 6) is -1.64. The first-order valence-corrected chi connectivity index (χ1v) is 6.50. The van der Waals surface area contributed by atoms with E-state index in [-0.39, 0.29) is 11.7 Å². The lowest BCUT2D eigenvalue weighted by atomic mass is 9.84. The van der Waals surface area contributed by atoms with E-state index in [2.05, 4.69) is 4.90 Å². The van der Waals surface area contributed by atoms with Crippen molar-refractivity contribution >= 4 is 0 Å². The molecular formula is C16H15F2NO. The lowest BCUT2D eigenvalue weighted by Gasteiger charge is -2.33. The number of phenolic OH excluding ortho intramolecular Hbond substituents is 1. The fraction of sp³-hybridized carbons (Fsp3) is 0.250. The highest BCUT2D eigenvalue weighted by molar-refractivity contribution is 5.48. The van der Waals surface area contributed by atoms with Crippen molar-refractivity contribution in [3.8, 4) is 5.75 Å². The van der Waals surface area contributed by atoms with Crippen molar-refractivity contribution in [2.24, 2.45) is 0 Å². The number of rotatable bonds is 1. The molecule has 0 saturated carbocycles. The van der Waals surface area contributed by atoms with Crippen LogP contribution in [0.2, 0.25) is 0 Å². The van der Waals surface area contributed by atoms with Gasteiger partial charge < -0.3 is 10.0 Å². The molecule has 2 nitrogen and oxygen atoms in total. The van der Waals surface area contributed by atoms with Gasteiger partial charge in [-0.2, -0.15) is 0 Å². The Labute approximate surface area is 116 Å². The zero-order valence-corrected chi connectivity index (χ0v) is 11.1. The van der Waals surface area contributed by atoms with Crippen molar-refractivity contribution in [2.45, 2.75) is 12.5 Å². The number of nitrogens with zero attached hydrogens (tertiary/aromatic N) is 1. The molecule has 1 aliphatic rings. The van der Waals surface area contributed by atoms with Crippen LogP contribution in [0.5, 0.6) is 5.75 Å². The zero-order valence-electron chi connectivity index (χ0n) is 11.1. The Morgan fingerprint density at radius 2 is 1.95 bits per heavy atom. The van der Waals surface area contributed by atoms with Gasteiger partial charge in [-0.25, -0.2) is 8.78 Å². The maximum Gasteiger partial charge on any atom is 0.159 e. The van der Waals surface area contributed by atoms with Crippen molar-refractivity contribution in [3.63, 3.8) is 0 Å². The van der Waals surface area contributed by atoms with Gasteiger partial charge in [0.1, 0.15) is 5.75 Å². The van der Waals surface area contributed by atoms with Crippen LogP contribution in [0.15, 0.2) is 36.4 Å². The quantitative estimate of drug-likeness (QED) is 0.863. The molecule has 1 N–H and O–H groups in total. The number of benzene rings is 2. The smallest absolute Gasteiger partial charge is 0.159 e. The van der Waals surface area contributed by atoms with E-state index >= 15 is 0 Å². The second-order valence-electron chi connectivity index (χ2n) is 5.27. The highest BCUT2D eigenvalue weighted by Crippen LogP contribution is 2.38. The third-order valence-corrected chi connectivity index (χ3v) is 3.80. The summed E-state index contributed by atoms with van der Waals surface area (Å²) >= 11 is 0. The maximum atomic E-state index is 13.5. The number of likely N-dealkylation sites (N-methyl/N-ethyl adjacent to an activating group) is 1. The Hall–Kier alpha value is -1.94. The third-order valence-electron chi connectivity index (χ3n) is 3.80. The molecule has 104 valence electrons. The van der Waals surface area contributed by atoms with E-state index in [4.69, 9.17) is 0 Å². The van der Waals surface area contributed by atoms with Gasteiger partial charge in [-0.1, -0.05) is 18.2 Å². The minimum absolute atomic E-state index is 0.153. The van der Waals surface area contributed by atoms with Crippen LogP contribution in [0.3, 0.4) is 0 Å². The Kier molecular flexibility index (Phi) is 3.18. The largest absolute Gasteiger partial charge is 0.508 e. The summed E-state index contributed by atoms with van der Waals surface area (Å²) in [5.41, 5.74) is 2.52. The van der Waals surface area contributed by atoms with Crippen molar-refractivity contribution in [1.82, 2.24) is 4.90 Å². The molecule has 0 bridgehead atoms. The molecule has 2 aromatic rings. The van der Waals surface area contributed by atoms with Crippen LogP contribution < -0.4 is 0 Å². The van der Waals surface area contributed by atoms with E-state index in [1.54, 1.807) is 18.2 Å². The number of hydrogen-bond acceptors (Lipinski definition) is 2. The Morgan fingerprint density at radius 1 is 1.15 bits per heavy atom. The van der Waals surface area contributed by atoms with Gasteiger partial charge in [0.25, 0.3) is 0 Å². The first-order valence-electron chi connectivity index (χ1n) is 6.50. The summed E-state index contributed by atoms with van der Waals surface area (Å²) in [4.78, 5) is 2.10. The third kappa shape index (κ3) is 2.16. The molecule has 0 spiro atoms. The van der Waals surface area contributed by atoms with Crippen LogP contribution >= 0.6 is 0 Å². The monoisotopic (exact) mass is 275 g/mol. The predicted octanol–water partition coefficient (Wildman–Crippen LogP) is 3.25. The van der Waals surface area contributed by atoms with Crippen molar-refractivity contribution < 1.29 is 13.9 Å². The second-order valence-corrected chi connectivity index (χ2v) is 5.27. The van der Waals surface area contributed by atoms with E-state index in [1.165, 1.54) is 6.07 Å². The molecule has 1 atom stereocenters. The Morgan fingerprint density at radius 3 is 2.70 bits per heavy atom. The Bertz CT molecular complexity index is 657. The lowest BCUT2D eigenvalue weighted by Crippen LogP contribution is -2.31. The van der Waals surface area contributed by atoms with Gasteiger partial charge in [0.05, 0.1) is 0 Å². The van der Waals surface area contributed by atoms with Gasteiger partial charge in [-0.05, 0) is 36.4 Å². The molecule has 0 aromatic heterocycles. The molecule has 0 saturated heterocycles. The number of aromatic hydroxyl groups is 1. The lowest BCUT2D eigenvalue weighted by molar-refractivity contribution is 0.290. The van der Waals surface area contributed by atoms with Gasteiger partial charge in [0, 0.05) is 24.6 Å². The molecule has 1 heterocycles. The summed E-state index contributed by atoms with van der Waals surface area (Å²) in [6.07, 6.45) is 0. The number of phenols is 1. The zero-order chi connectivity index (χ0) is 14.3. The first-order chi connectivity index (χ1) is 9.56. The Balaban J connectivity index is 2.12. The van der Waals surface area contributed by atoms with E-state index in [9.17, 15) is 13.9 Å². The van der Waals surface area contributed by atoms with Crippen LogP contribution in [-0.4, -0.2) is 23.6 Å². The van der Waals surface area contributed by atoms with Crippen molar-refractivity contribution in [3.05, 3.63) is 64.7 Å². The molecule has 0 aliphatic carbocycles. The standard InChI is InChI=1S/C16H15F2NO/c1-19-8-11-3-2-4-15(20)16(11)12(9-19)10-5-6-13(17)14(18)7-10/h2-7,12,20H,8-9H2,1H3/t12-/m1/s1. The SMILES string of the molecule is CN1Cc2cccc(O)c2[C@@H](c2ccc(F)c(F)c2)C1. The van der Waals surface area contributed by atoms with Gasteiger partial charge in [-0.3, -0.25) is 0 Å². The summed E-state index contributed by atoms with van der Waals surface area (Å²) in [6, 6.07) is 9.33.